The Morgan fingerprint density at radius 1 is 1.18 bits per heavy atom. The minimum atomic E-state index is 0.596. The molecule has 0 N–H and O–H groups in total. The number of azide groups is 1. The van der Waals surface area contributed by atoms with E-state index in [0.717, 1.165) is 52.0 Å². The van der Waals surface area contributed by atoms with Gasteiger partial charge in [0, 0.05) is 37.1 Å². The lowest BCUT2D eigenvalue weighted by atomic mass is 10.0. The van der Waals surface area contributed by atoms with E-state index in [1.165, 1.54) is 12.8 Å². The lowest BCUT2D eigenvalue weighted by Crippen LogP contribution is -2.49. The Morgan fingerprint density at radius 3 is 2.53 bits per heavy atom. The van der Waals surface area contributed by atoms with Crippen LogP contribution in [0.4, 0.5) is 0 Å². The summed E-state index contributed by atoms with van der Waals surface area (Å²) in [4.78, 5) is 7.74. The maximum Gasteiger partial charge on any atom is 0.0594 e. The average molecular weight is 239 g/mol. The fourth-order valence-corrected chi connectivity index (χ4v) is 2.68. The Bertz CT molecular complexity index is 265. The molecular formula is C11H21N5O. The van der Waals surface area contributed by atoms with Crippen LogP contribution >= 0.6 is 0 Å². The highest BCUT2D eigenvalue weighted by Crippen LogP contribution is 2.17. The molecule has 0 unspecified atom stereocenters. The summed E-state index contributed by atoms with van der Waals surface area (Å²) in [6, 6.07) is 0.731. The molecule has 2 saturated heterocycles. The van der Waals surface area contributed by atoms with Crippen LogP contribution in [0.25, 0.3) is 10.4 Å². The second-order valence-electron chi connectivity index (χ2n) is 4.68. The van der Waals surface area contributed by atoms with Crippen LogP contribution < -0.4 is 0 Å². The van der Waals surface area contributed by atoms with Crippen molar-refractivity contribution in [2.75, 3.05) is 52.5 Å². The standard InChI is InChI=1S/C11H21N5O/c12-14-13-3-6-15-4-1-11(2-5-15)16-7-9-17-10-8-16/h11H,1-10H2. The molecule has 0 spiro atoms. The van der Waals surface area contributed by atoms with Crippen molar-refractivity contribution >= 4 is 0 Å². The van der Waals surface area contributed by atoms with Gasteiger partial charge in [-0.25, -0.2) is 0 Å². The lowest BCUT2D eigenvalue weighted by Gasteiger charge is -2.40. The molecule has 2 fully saturated rings. The number of rotatable bonds is 4. The van der Waals surface area contributed by atoms with Crippen LogP contribution in [0.1, 0.15) is 12.8 Å². The number of ether oxygens (including phenoxy) is 1. The molecule has 0 aromatic rings. The molecule has 0 radical (unpaired) electrons. The number of hydrogen-bond acceptors (Lipinski definition) is 4. The van der Waals surface area contributed by atoms with Crippen LogP contribution in [-0.2, 0) is 4.74 Å². The third-order valence-corrected chi connectivity index (χ3v) is 3.70. The van der Waals surface area contributed by atoms with Gasteiger partial charge in [-0.15, -0.1) is 0 Å². The number of piperidine rings is 1. The third-order valence-electron chi connectivity index (χ3n) is 3.70. The molecule has 2 heterocycles. The summed E-state index contributed by atoms with van der Waals surface area (Å²) in [5.41, 5.74) is 8.23. The van der Waals surface area contributed by atoms with E-state index in [9.17, 15) is 0 Å². The Labute approximate surface area is 102 Å². The molecule has 0 aromatic heterocycles. The van der Waals surface area contributed by atoms with Crippen LogP contribution in [0.15, 0.2) is 5.11 Å². The van der Waals surface area contributed by atoms with Gasteiger partial charge >= 0.3 is 0 Å². The summed E-state index contributed by atoms with van der Waals surface area (Å²) < 4.78 is 5.38. The first-order chi connectivity index (χ1) is 8.40. The molecule has 17 heavy (non-hydrogen) atoms. The van der Waals surface area contributed by atoms with Crippen LogP contribution in [0, 0.1) is 0 Å². The molecule has 0 amide bonds. The second kappa shape index (κ2) is 6.81. The van der Waals surface area contributed by atoms with Crippen molar-refractivity contribution in [1.29, 1.82) is 0 Å². The monoisotopic (exact) mass is 239 g/mol. The second-order valence-corrected chi connectivity index (χ2v) is 4.68. The third kappa shape index (κ3) is 3.85. The Balaban J connectivity index is 1.68. The van der Waals surface area contributed by atoms with Crippen molar-refractivity contribution < 1.29 is 4.74 Å². The molecule has 2 aliphatic rings. The van der Waals surface area contributed by atoms with E-state index in [0.29, 0.717) is 6.54 Å². The normalized spacial score (nSPS) is 24.5. The maximum absolute atomic E-state index is 8.23. The summed E-state index contributed by atoms with van der Waals surface area (Å²) in [6.07, 6.45) is 2.46. The molecule has 0 atom stereocenters. The van der Waals surface area contributed by atoms with Crippen LogP contribution in [-0.4, -0.2) is 68.3 Å². The van der Waals surface area contributed by atoms with Gasteiger partial charge < -0.3 is 9.64 Å². The van der Waals surface area contributed by atoms with Gasteiger partial charge in [0.1, 0.15) is 0 Å². The minimum Gasteiger partial charge on any atom is -0.379 e. The van der Waals surface area contributed by atoms with E-state index in [1.807, 2.05) is 0 Å². The average Bonchev–Trinajstić information content (AvgIpc) is 2.41. The Hall–Kier alpha value is -0.810. The van der Waals surface area contributed by atoms with Crippen LogP contribution in [0.2, 0.25) is 0 Å². The van der Waals surface area contributed by atoms with E-state index in [4.69, 9.17) is 10.3 Å². The van der Waals surface area contributed by atoms with E-state index < -0.39 is 0 Å². The summed E-state index contributed by atoms with van der Waals surface area (Å²) in [5.74, 6) is 0. The summed E-state index contributed by atoms with van der Waals surface area (Å²) in [7, 11) is 0. The number of hydrogen-bond donors (Lipinski definition) is 0. The largest absolute Gasteiger partial charge is 0.379 e. The van der Waals surface area contributed by atoms with Gasteiger partial charge in [-0.05, 0) is 31.5 Å². The van der Waals surface area contributed by atoms with Crippen molar-refractivity contribution in [1.82, 2.24) is 9.80 Å². The summed E-state index contributed by atoms with van der Waals surface area (Å²) in [5, 5.41) is 3.59. The minimum absolute atomic E-state index is 0.596. The first-order valence-electron chi connectivity index (χ1n) is 6.45. The van der Waals surface area contributed by atoms with E-state index in [2.05, 4.69) is 19.8 Å². The SMILES string of the molecule is [N-]=[N+]=NCCN1CCC(N2CCOCC2)CC1. The van der Waals surface area contributed by atoms with Crippen molar-refractivity contribution in [3.8, 4) is 0 Å². The van der Waals surface area contributed by atoms with Crippen molar-refractivity contribution in [3.63, 3.8) is 0 Å². The zero-order valence-electron chi connectivity index (χ0n) is 10.3. The van der Waals surface area contributed by atoms with Crippen LogP contribution in [0.5, 0.6) is 0 Å². The molecule has 6 nitrogen and oxygen atoms in total. The highest BCUT2D eigenvalue weighted by atomic mass is 16.5. The highest BCUT2D eigenvalue weighted by molar-refractivity contribution is 4.81. The number of likely N-dealkylation sites (tertiary alicyclic amines) is 1. The Morgan fingerprint density at radius 2 is 1.88 bits per heavy atom. The molecule has 0 saturated carbocycles. The maximum atomic E-state index is 8.23. The van der Waals surface area contributed by atoms with Gasteiger partial charge in [-0.3, -0.25) is 4.90 Å². The molecule has 2 rings (SSSR count). The molecule has 2 aliphatic heterocycles. The van der Waals surface area contributed by atoms with Gasteiger partial charge in [-0.2, -0.15) is 0 Å². The lowest BCUT2D eigenvalue weighted by molar-refractivity contribution is 0.00118. The molecule has 96 valence electrons. The molecule has 0 bridgehead atoms. The summed E-state index contributed by atoms with van der Waals surface area (Å²) in [6.45, 7) is 7.70. The smallest absolute Gasteiger partial charge is 0.0594 e. The van der Waals surface area contributed by atoms with Gasteiger partial charge in [-0.1, -0.05) is 5.11 Å². The molecule has 6 heteroatoms. The molecular weight excluding hydrogens is 218 g/mol. The first-order valence-corrected chi connectivity index (χ1v) is 6.45. The topological polar surface area (TPSA) is 64.5 Å². The number of morpholine rings is 1. The van der Waals surface area contributed by atoms with E-state index in [-0.39, 0.29) is 0 Å². The predicted molar refractivity (Wildman–Crippen MR) is 65.9 cm³/mol. The Kier molecular flexibility index (Phi) is 5.07. The highest BCUT2D eigenvalue weighted by Gasteiger charge is 2.25. The predicted octanol–water partition coefficient (Wildman–Crippen LogP) is 1.09. The van der Waals surface area contributed by atoms with Crippen molar-refractivity contribution in [3.05, 3.63) is 10.4 Å². The van der Waals surface area contributed by atoms with Gasteiger partial charge in [0.15, 0.2) is 0 Å². The molecule has 0 aromatic carbocycles. The quantitative estimate of drug-likeness (QED) is 0.419. The van der Waals surface area contributed by atoms with Gasteiger partial charge in [0.05, 0.1) is 13.2 Å². The van der Waals surface area contributed by atoms with E-state index in [1.54, 1.807) is 0 Å². The van der Waals surface area contributed by atoms with Gasteiger partial charge in [0.2, 0.25) is 0 Å². The van der Waals surface area contributed by atoms with Gasteiger partial charge in [0.25, 0.3) is 0 Å². The fourth-order valence-electron chi connectivity index (χ4n) is 2.68. The van der Waals surface area contributed by atoms with Crippen molar-refractivity contribution in [2.45, 2.75) is 18.9 Å². The fraction of sp³-hybridized carbons (Fsp3) is 1.00. The van der Waals surface area contributed by atoms with E-state index >= 15 is 0 Å². The first kappa shape index (κ1) is 12.6. The zero-order valence-corrected chi connectivity index (χ0v) is 10.3. The number of nitrogens with zero attached hydrogens (tertiary/aromatic N) is 5. The molecule has 0 aliphatic carbocycles. The van der Waals surface area contributed by atoms with Crippen LogP contribution in [0.3, 0.4) is 0 Å². The summed E-state index contributed by atoms with van der Waals surface area (Å²) >= 11 is 0. The zero-order chi connectivity index (χ0) is 11.9. The van der Waals surface area contributed by atoms with Crippen molar-refractivity contribution in [2.24, 2.45) is 5.11 Å².